The zero-order valence-corrected chi connectivity index (χ0v) is 69.5. The third-order valence-corrected chi connectivity index (χ3v) is 24.1. The highest BCUT2D eigenvalue weighted by Gasteiger charge is 2.20. The van der Waals surface area contributed by atoms with Gasteiger partial charge in [0.05, 0.1) is 0 Å². The number of benzene rings is 4. The minimum Gasteiger partial charge on any atom is -0.354 e. The van der Waals surface area contributed by atoms with Crippen LogP contribution in [0.25, 0.3) is 22.3 Å². The van der Waals surface area contributed by atoms with Crippen molar-refractivity contribution in [3.05, 3.63) is 234 Å². The van der Waals surface area contributed by atoms with Crippen LogP contribution < -0.4 is 21.4 Å². The number of aromatic nitrogens is 4. The van der Waals surface area contributed by atoms with E-state index in [1.54, 1.807) is 0 Å². The lowest BCUT2D eigenvalue weighted by Gasteiger charge is -2.11. The molecule has 4 aromatic heterocycles. The van der Waals surface area contributed by atoms with E-state index in [4.69, 9.17) is 0 Å². The van der Waals surface area contributed by atoms with Gasteiger partial charge in [-0.25, -0.2) is 0 Å². The predicted octanol–water partition coefficient (Wildman–Crippen LogP) is 28.8. The van der Waals surface area contributed by atoms with E-state index in [0.717, 1.165) is 69.9 Å². The van der Waals surface area contributed by atoms with Gasteiger partial charge in [-0.2, -0.15) is 0 Å². The molecule has 0 fully saturated rings. The van der Waals surface area contributed by atoms with Gasteiger partial charge in [-0.15, -0.1) is 0 Å². The highest BCUT2D eigenvalue weighted by atomic mass is 14.8. The molecule has 0 radical (unpaired) electrons. The Balaban J connectivity index is 0.990. The highest BCUT2D eigenvalue weighted by molar-refractivity contribution is 5.85. The summed E-state index contributed by atoms with van der Waals surface area (Å²) in [5.74, 6) is 0. The van der Waals surface area contributed by atoms with E-state index in [1.807, 2.05) is 0 Å². The van der Waals surface area contributed by atoms with Crippen molar-refractivity contribution in [2.75, 3.05) is 0 Å². The monoisotopic (exact) mass is 1460 g/mol. The van der Waals surface area contributed by atoms with Crippen LogP contribution in [0.4, 0.5) is 0 Å². The fourth-order valence-electron chi connectivity index (χ4n) is 17.3. The fourth-order valence-corrected chi connectivity index (χ4v) is 17.3. The molecule has 0 amide bonds. The summed E-state index contributed by atoms with van der Waals surface area (Å²) in [5, 5.41) is 4.41. The van der Waals surface area contributed by atoms with Crippen LogP contribution in [0.1, 0.15) is 429 Å². The largest absolute Gasteiger partial charge is 0.354 e. The van der Waals surface area contributed by atoms with Crippen LogP contribution in [0.15, 0.2) is 146 Å². The van der Waals surface area contributed by atoms with E-state index in [9.17, 15) is 0 Å². The molecule has 9 rings (SSSR count). The molecular formula is C104H152N4. The molecule has 8 bridgehead atoms. The summed E-state index contributed by atoms with van der Waals surface area (Å²) in [6, 6.07) is 57.2. The Labute approximate surface area is 659 Å². The first-order valence-corrected chi connectivity index (χ1v) is 46.2. The van der Waals surface area contributed by atoms with E-state index in [-0.39, 0.29) is 0 Å². The molecule has 1 aliphatic heterocycles. The van der Waals surface area contributed by atoms with Gasteiger partial charge < -0.3 is 19.9 Å². The Kier molecular flexibility index (Phi) is 41.6. The van der Waals surface area contributed by atoms with Gasteiger partial charge in [0, 0.05) is 66.5 Å². The second kappa shape index (κ2) is 52.6. The predicted molar refractivity (Wildman–Crippen MR) is 471 cm³/mol. The lowest BCUT2D eigenvalue weighted by atomic mass is 9.98. The van der Waals surface area contributed by atoms with Crippen molar-refractivity contribution in [3.8, 4) is 0 Å². The lowest BCUT2D eigenvalue weighted by Crippen LogP contribution is -2.19. The zero-order valence-electron chi connectivity index (χ0n) is 69.5. The zero-order chi connectivity index (χ0) is 74.9. The van der Waals surface area contributed by atoms with Crippen molar-refractivity contribution in [2.24, 2.45) is 0 Å². The topological polar surface area (TPSA) is 63.2 Å². The normalized spacial score (nSPS) is 12.4. The SMILES string of the molecule is CCCCCCCCCCCCCCCc1ccc(C2=c3ccc([nH]3)=C(c3ccc(CCCCCCCCCCCCCCC)cc3)c3ccc([nH]3)C(c3ccc(CCCCCCCCCCCCCCC)cc3)=c3ccc([nH]3)=C(c3ccc(CCCCCCCCCCCCCCC)cc3)c3ccc2[nH]3)cc1. The molecule has 4 N–H and O–H groups in total. The summed E-state index contributed by atoms with van der Waals surface area (Å²) in [7, 11) is 0. The average Bonchev–Trinajstić information content (AvgIpc) is 1.61. The van der Waals surface area contributed by atoms with E-state index < -0.39 is 0 Å². The summed E-state index contributed by atoms with van der Waals surface area (Å²) in [5.41, 5.74) is 19.7. The molecular weight excluding hydrogens is 1310 g/mol. The standard InChI is InChI=1S/C104H152N4/c1-5-9-13-17-21-25-29-33-37-41-45-49-53-57-85-61-69-89(70-62-85)101-93-77-79-95(105-93)102(90-71-63-86(64-72-90)58-54-50-46-42-38-34-30-26-22-18-14-10-6-2)97-81-83-99(107-97)104(92-75-67-88(68-76-92)60-56-52-48-44-40-36-32-28-24-20-16-12-8-4)100-84-82-98(108-100)103(96-80-78-94(101)106-96)91-73-65-87(66-74-91)59-55-51-47-43-39-35-31-27-23-19-15-11-7-3/h61-84,105-108H,5-60H2,1-4H3. The summed E-state index contributed by atoms with van der Waals surface area (Å²) in [6.07, 6.45) is 76.3. The van der Waals surface area contributed by atoms with Crippen molar-refractivity contribution in [2.45, 2.75) is 387 Å². The van der Waals surface area contributed by atoms with Crippen molar-refractivity contribution >= 4 is 22.3 Å². The second-order valence-corrected chi connectivity index (χ2v) is 33.4. The molecule has 588 valence electrons. The number of aryl methyl sites for hydroxylation is 4. The molecule has 4 aromatic carbocycles. The minimum atomic E-state index is 1.10. The number of nitrogens with one attached hydrogen (secondary N) is 4. The van der Waals surface area contributed by atoms with Gasteiger partial charge in [0.2, 0.25) is 0 Å². The number of aromatic amines is 4. The third-order valence-electron chi connectivity index (χ3n) is 24.1. The molecule has 0 unspecified atom stereocenters. The van der Waals surface area contributed by atoms with Crippen LogP contribution in [-0.2, 0) is 25.7 Å². The van der Waals surface area contributed by atoms with E-state index in [0.29, 0.717) is 0 Å². The number of hydrogen-bond donors (Lipinski definition) is 4. The third kappa shape index (κ3) is 30.6. The van der Waals surface area contributed by atoms with Crippen molar-refractivity contribution in [1.29, 1.82) is 0 Å². The first-order valence-electron chi connectivity index (χ1n) is 46.2. The smallest absolute Gasteiger partial charge is 0.0485 e. The first kappa shape index (κ1) is 85.5. The maximum Gasteiger partial charge on any atom is 0.0485 e. The molecule has 0 saturated heterocycles. The van der Waals surface area contributed by atoms with Crippen LogP contribution in [0.2, 0.25) is 0 Å². The average molecular weight is 1460 g/mol. The molecule has 0 atom stereocenters. The molecule has 0 spiro atoms. The maximum absolute atomic E-state index is 4.13. The molecule has 1 aliphatic rings. The van der Waals surface area contributed by atoms with Gasteiger partial charge in [0.1, 0.15) is 0 Å². The second-order valence-electron chi connectivity index (χ2n) is 33.4. The van der Waals surface area contributed by atoms with Gasteiger partial charge in [0.25, 0.3) is 0 Å². The summed E-state index contributed by atoms with van der Waals surface area (Å²) in [6.45, 7) is 9.26. The quantitative estimate of drug-likeness (QED) is 0.0275. The van der Waals surface area contributed by atoms with Crippen LogP contribution >= 0.6 is 0 Å². The molecule has 108 heavy (non-hydrogen) atoms. The highest BCUT2D eigenvalue weighted by Crippen LogP contribution is 2.31. The van der Waals surface area contributed by atoms with Crippen LogP contribution in [-0.4, -0.2) is 19.9 Å². The minimum absolute atomic E-state index is 1.10. The Bertz CT molecular complexity index is 3370. The first-order chi connectivity index (χ1) is 53.5. The number of unbranched alkanes of at least 4 members (excludes halogenated alkanes) is 48. The number of hydrogen-bond acceptors (Lipinski definition) is 0. The molecule has 8 aromatic rings. The molecule has 5 heterocycles. The number of H-pyrrole nitrogens is 4. The fraction of sp³-hybridized carbons (Fsp3) is 0.577. The van der Waals surface area contributed by atoms with Gasteiger partial charge in [-0.05, 0) is 144 Å². The van der Waals surface area contributed by atoms with Gasteiger partial charge in [-0.1, -0.05) is 433 Å². The van der Waals surface area contributed by atoms with Crippen molar-refractivity contribution < 1.29 is 0 Å². The Hall–Kier alpha value is -6.52. The van der Waals surface area contributed by atoms with E-state index >= 15 is 0 Å². The van der Waals surface area contributed by atoms with E-state index in [1.165, 1.54) is 401 Å². The maximum atomic E-state index is 4.13. The van der Waals surface area contributed by atoms with Crippen molar-refractivity contribution in [1.82, 2.24) is 19.9 Å². The molecule has 4 nitrogen and oxygen atoms in total. The number of fused-ring (bicyclic) bond motifs is 8. The van der Waals surface area contributed by atoms with Crippen LogP contribution in [0, 0.1) is 0 Å². The van der Waals surface area contributed by atoms with Crippen LogP contribution in [0.3, 0.4) is 0 Å². The summed E-state index contributed by atoms with van der Waals surface area (Å²) < 4.78 is 0. The van der Waals surface area contributed by atoms with Crippen molar-refractivity contribution in [3.63, 3.8) is 0 Å². The Morgan fingerprint density at radius 2 is 0.296 bits per heavy atom. The number of rotatable bonds is 60. The van der Waals surface area contributed by atoms with Gasteiger partial charge in [0.15, 0.2) is 0 Å². The molecule has 4 heteroatoms. The molecule has 0 saturated carbocycles. The summed E-state index contributed by atoms with van der Waals surface area (Å²) >= 11 is 0. The Morgan fingerprint density at radius 1 is 0.148 bits per heavy atom. The van der Waals surface area contributed by atoms with E-state index in [2.05, 4.69) is 193 Å². The lowest BCUT2D eigenvalue weighted by molar-refractivity contribution is 0.539. The Morgan fingerprint density at radius 3 is 0.454 bits per heavy atom. The summed E-state index contributed by atoms with van der Waals surface area (Å²) in [4.78, 5) is 16.5. The molecule has 0 aliphatic carbocycles. The van der Waals surface area contributed by atoms with Crippen LogP contribution in [0.5, 0.6) is 0 Å². The van der Waals surface area contributed by atoms with Gasteiger partial charge in [-0.3, -0.25) is 0 Å². The van der Waals surface area contributed by atoms with Gasteiger partial charge >= 0.3 is 0 Å².